The number of nitrogens with one attached hydrogen (secondary N) is 1. The Morgan fingerprint density at radius 2 is 2.06 bits per heavy atom. The highest BCUT2D eigenvalue weighted by Crippen LogP contribution is 2.02. The molecular weight excluding hydrogens is 200 g/mol. The second-order valence-electron chi connectivity index (χ2n) is 4.11. The second kappa shape index (κ2) is 7.01. The first-order valence-corrected chi connectivity index (χ1v) is 5.77. The molecule has 0 aliphatic carbocycles. The maximum Gasteiger partial charge on any atom is 0.251 e. The minimum Gasteiger partial charge on any atom is -0.352 e. The average Bonchev–Trinajstić information content (AvgIpc) is 2.35. The monoisotopic (exact) mass is 220 g/mol. The fraction of sp³-hybridized carbons (Fsp3) is 0.462. The van der Waals surface area contributed by atoms with E-state index in [1.807, 2.05) is 30.3 Å². The van der Waals surface area contributed by atoms with E-state index >= 15 is 0 Å². The summed E-state index contributed by atoms with van der Waals surface area (Å²) >= 11 is 0. The van der Waals surface area contributed by atoms with Gasteiger partial charge in [-0.3, -0.25) is 4.79 Å². The third-order valence-corrected chi connectivity index (χ3v) is 2.60. The molecule has 0 aromatic heterocycles. The summed E-state index contributed by atoms with van der Waals surface area (Å²) < 4.78 is 0. The van der Waals surface area contributed by atoms with Gasteiger partial charge in [0.1, 0.15) is 0 Å². The summed E-state index contributed by atoms with van der Waals surface area (Å²) in [5, 5.41) is 2.90. The van der Waals surface area contributed by atoms with Crippen LogP contribution in [0.5, 0.6) is 0 Å². The van der Waals surface area contributed by atoms with Crippen LogP contribution in [0.25, 0.3) is 0 Å². The van der Waals surface area contributed by atoms with Crippen LogP contribution in [0.4, 0.5) is 0 Å². The molecule has 0 aliphatic rings. The zero-order valence-corrected chi connectivity index (χ0v) is 9.78. The molecule has 88 valence electrons. The molecule has 16 heavy (non-hydrogen) atoms. The molecule has 3 heteroatoms. The summed E-state index contributed by atoms with van der Waals surface area (Å²) in [5.41, 5.74) is 6.23. The zero-order valence-electron chi connectivity index (χ0n) is 9.78. The standard InChI is InChI=1S/C13H20N2O/c1-11(10-14)6-5-9-15-13(16)12-7-3-2-4-8-12/h2-4,7-8,11H,5-6,9-10,14H2,1H3,(H,15,16). The molecule has 1 unspecified atom stereocenters. The van der Waals surface area contributed by atoms with Gasteiger partial charge >= 0.3 is 0 Å². The van der Waals surface area contributed by atoms with E-state index in [9.17, 15) is 4.79 Å². The quantitative estimate of drug-likeness (QED) is 0.718. The molecule has 1 amide bonds. The van der Waals surface area contributed by atoms with Crippen molar-refractivity contribution in [1.82, 2.24) is 5.32 Å². The van der Waals surface area contributed by atoms with Crippen molar-refractivity contribution in [3.05, 3.63) is 35.9 Å². The molecule has 0 saturated heterocycles. The van der Waals surface area contributed by atoms with Crippen LogP contribution >= 0.6 is 0 Å². The van der Waals surface area contributed by atoms with E-state index in [1.165, 1.54) is 0 Å². The molecule has 1 rings (SSSR count). The summed E-state index contributed by atoms with van der Waals surface area (Å²) in [6.45, 7) is 3.56. The van der Waals surface area contributed by atoms with Crippen molar-refractivity contribution >= 4 is 5.91 Å². The maximum absolute atomic E-state index is 11.6. The Balaban J connectivity index is 2.21. The summed E-state index contributed by atoms with van der Waals surface area (Å²) in [5.74, 6) is 0.537. The van der Waals surface area contributed by atoms with E-state index < -0.39 is 0 Å². The maximum atomic E-state index is 11.6. The van der Waals surface area contributed by atoms with Crippen molar-refractivity contribution in [2.24, 2.45) is 11.7 Å². The van der Waals surface area contributed by atoms with Gasteiger partial charge < -0.3 is 11.1 Å². The number of carbonyl (C=O) groups is 1. The Hall–Kier alpha value is -1.35. The molecule has 0 fully saturated rings. The second-order valence-corrected chi connectivity index (χ2v) is 4.11. The molecule has 0 heterocycles. The van der Waals surface area contributed by atoms with Gasteiger partial charge in [0.2, 0.25) is 0 Å². The SMILES string of the molecule is CC(CN)CCCNC(=O)c1ccccc1. The van der Waals surface area contributed by atoms with Gasteiger partial charge in [0.25, 0.3) is 5.91 Å². The lowest BCUT2D eigenvalue weighted by atomic mass is 10.1. The summed E-state index contributed by atoms with van der Waals surface area (Å²) in [6.07, 6.45) is 2.04. The smallest absolute Gasteiger partial charge is 0.251 e. The van der Waals surface area contributed by atoms with Crippen LogP contribution in [0, 0.1) is 5.92 Å². The van der Waals surface area contributed by atoms with Gasteiger partial charge in [0.05, 0.1) is 0 Å². The van der Waals surface area contributed by atoms with Crippen molar-refractivity contribution in [3.63, 3.8) is 0 Å². The van der Waals surface area contributed by atoms with Gasteiger partial charge in [-0.2, -0.15) is 0 Å². The van der Waals surface area contributed by atoms with Gasteiger partial charge in [-0.25, -0.2) is 0 Å². The number of hydrogen-bond donors (Lipinski definition) is 2. The molecule has 0 saturated carbocycles. The van der Waals surface area contributed by atoms with E-state index in [1.54, 1.807) is 0 Å². The number of amides is 1. The van der Waals surface area contributed by atoms with Crippen LogP contribution < -0.4 is 11.1 Å². The molecule has 1 atom stereocenters. The zero-order chi connectivity index (χ0) is 11.8. The Bertz CT molecular complexity index is 311. The third kappa shape index (κ3) is 4.45. The Labute approximate surface area is 97.0 Å². The number of carbonyl (C=O) groups excluding carboxylic acids is 1. The van der Waals surface area contributed by atoms with Crippen molar-refractivity contribution in [2.75, 3.05) is 13.1 Å². The highest BCUT2D eigenvalue weighted by Gasteiger charge is 2.03. The van der Waals surface area contributed by atoms with Crippen LogP contribution in [0.3, 0.4) is 0 Å². The fourth-order valence-electron chi connectivity index (χ4n) is 1.46. The third-order valence-electron chi connectivity index (χ3n) is 2.60. The molecule has 3 nitrogen and oxygen atoms in total. The van der Waals surface area contributed by atoms with E-state index in [4.69, 9.17) is 5.73 Å². The van der Waals surface area contributed by atoms with Crippen molar-refractivity contribution in [3.8, 4) is 0 Å². The van der Waals surface area contributed by atoms with Crippen molar-refractivity contribution in [1.29, 1.82) is 0 Å². The summed E-state index contributed by atoms with van der Waals surface area (Å²) in [7, 11) is 0. The fourth-order valence-corrected chi connectivity index (χ4v) is 1.46. The van der Waals surface area contributed by atoms with E-state index in [0.29, 0.717) is 12.5 Å². The predicted octanol–water partition coefficient (Wildman–Crippen LogP) is 1.79. The number of nitrogens with two attached hydrogens (primary N) is 1. The lowest BCUT2D eigenvalue weighted by Gasteiger charge is -2.08. The lowest BCUT2D eigenvalue weighted by molar-refractivity contribution is 0.0952. The average molecular weight is 220 g/mol. The molecule has 0 spiro atoms. The van der Waals surface area contributed by atoms with Gasteiger partial charge in [-0.15, -0.1) is 0 Å². The van der Waals surface area contributed by atoms with E-state index in [-0.39, 0.29) is 5.91 Å². The number of hydrogen-bond acceptors (Lipinski definition) is 2. The van der Waals surface area contributed by atoms with Gasteiger partial charge in [0, 0.05) is 12.1 Å². The normalized spacial score (nSPS) is 12.1. The van der Waals surface area contributed by atoms with Crippen LogP contribution in [0.2, 0.25) is 0 Å². The molecule has 1 aromatic carbocycles. The van der Waals surface area contributed by atoms with Gasteiger partial charge in [0.15, 0.2) is 0 Å². The Kier molecular flexibility index (Phi) is 5.57. The molecule has 0 bridgehead atoms. The minimum atomic E-state index is 0.000927. The topological polar surface area (TPSA) is 55.1 Å². The summed E-state index contributed by atoms with van der Waals surface area (Å²) in [6, 6.07) is 9.27. The Morgan fingerprint density at radius 1 is 1.38 bits per heavy atom. The predicted molar refractivity (Wildman–Crippen MR) is 66.2 cm³/mol. The van der Waals surface area contributed by atoms with Crippen LogP contribution in [0.1, 0.15) is 30.1 Å². The molecular formula is C13H20N2O. The van der Waals surface area contributed by atoms with E-state index in [0.717, 1.165) is 24.9 Å². The molecule has 0 aliphatic heterocycles. The summed E-state index contributed by atoms with van der Waals surface area (Å²) in [4.78, 5) is 11.6. The first kappa shape index (κ1) is 12.7. The van der Waals surface area contributed by atoms with E-state index in [2.05, 4.69) is 12.2 Å². The van der Waals surface area contributed by atoms with Crippen LogP contribution in [-0.4, -0.2) is 19.0 Å². The minimum absolute atomic E-state index is 0.000927. The van der Waals surface area contributed by atoms with Gasteiger partial charge in [-0.1, -0.05) is 25.1 Å². The van der Waals surface area contributed by atoms with Crippen LogP contribution in [-0.2, 0) is 0 Å². The van der Waals surface area contributed by atoms with Gasteiger partial charge in [-0.05, 0) is 37.4 Å². The molecule has 0 radical (unpaired) electrons. The first-order chi connectivity index (χ1) is 7.74. The molecule has 1 aromatic rings. The van der Waals surface area contributed by atoms with Crippen molar-refractivity contribution < 1.29 is 4.79 Å². The first-order valence-electron chi connectivity index (χ1n) is 5.77. The van der Waals surface area contributed by atoms with Crippen molar-refractivity contribution in [2.45, 2.75) is 19.8 Å². The highest BCUT2D eigenvalue weighted by molar-refractivity contribution is 5.94. The molecule has 3 N–H and O–H groups in total. The lowest BCUT2D eigenvalue weighted by Crippen LogP contribution is -2.25. The number of rotatable bonds is 6. The largest absolute Gasteiger partial charge is 0.352 e. The number of benzene rings is 1. The van der Waals surface area contributed by atoms with Crippen LogP contribution in [0.15, 0.2) is 30.3 Å². The Morgan fingerprint density at radius 3 is 2.69 bits per heavy atom. The highest BCUT2D eigenvalue weighted by atomic mass is 16.1.